The van der Waals surface area contributed by atoms with E-state index in [0.717, 1.165) is 0 Å². The molecule has 140 valence electrons. The third kappa shape index (κ3) is 3.24. The third-order valence-electron chi connectivity index (χ3n) is 5.72. The lowest BCUT2D eigenvalue weighted by atomic mass is 9.39. The number of hydrogen-bond donors (Lipinski definition) is 0. The molecule has 0 N–H and O–H groups in total. The Labute approximate surface area is 141 Å². The molecule has 4 saturated carbocycles. The quantitative estimate of drug-likeness (QED) is 0.463. The summed E-state index contributed by atoms with van der Waals surface area (Å²) in [4.78, 5) is 46.6. The van der Waals surface area contributed by atoms with E-state index in [1.54, 1.807) is 0 Å². The Hall–Kier alpha value is -2.40. The summed E-state index contributed by atoms with van der Waals surface area (Å²) in [6, 6.07) is 0. The van der Waals surface area contributed by atoms with Crippen LogP contribution in [0.5, 0.6) is 0 Å². The van der Waals surface area contributed by atoms with Crippen molar-refractivity contribution in [1.29, 1.82) is 0 Å². The molecule has 0 saturated heterocycles. The number of rotatable bonds is 8. The highest BCUT2D eigenvalue weighted by Gasteiger charge is 2.68. The molecule has 2 atom stereocenters. The van der Waals surface area contributed by atoms with Gasteiger partial charge in [0.25, 0.3) is 15.3 Å². The van der Waals surface area contributed by atoms with Crippen molar-refractivity contribution in [2.24, 2.45) is 16.2 Å². The lowest BCUT2D eigenvalue weighted by Gasteiger charge is -2.68. The standard InChI is InChI=1S/C13H19N3O9/c1-10-2-11(8-23-14(17)18)5-12(3-10,9-24-15(19)20)7-13(4-10,6-11)25-16(21)22/h2-9H2,1H3. The van der Waals surface area contributed by atoms with E-state index in [1.807, 2.05) is 6.92 Å². The second kappa shape index (κ2) is 5.30. The van der Waals surface area contributed by atoms with Gasteiger partial charge in [-0.05, 0) is 54.8 Å². The monoisotopic (exact) mass is 361 g/mol. The first-order valence-electron chi connectivity index (χ1n) is 7.87. The minimum absolute atomic E-state index is 0.210. The molecule has 4 aliphatic carbocycles. The average molecular weight is 361 g/mol. The van der Waals surface area contributed by atoms with Gasteiger partial charge in [-0.2, -0.15) is 0 Å². The van der Waals surface area contributed by atoms with E-state index in [9.17, 15) is 30.3 Å². The van der Waals surface area contributed by atoms with E-state index in [1.165, 1.54) is 0 Å². The zero-order valence-electron chi connectivity index (χ0n) is 13.7. The predicted molar refractivity (Wildman–Crippen MR) is 77.4 cm³/mol. The minimum atomic E-state index is -1.12. The Morgan fingerprint density at radius 3 is 1.64 bits per heavy atom. The van der Waals surface area contributed by atoms with E-state index in [4.69, 9.17) is 4.84 Å². The summed E-state index contributed by atoms with van der Waals surface area (Å²) in [5.41, 5.74) is -2.91. The summed E-state index contributed by atoms with van der Waals surface area (Å²) in [7, 11) is 0. The first kappa shape index (κ1) is 17.4. The van der Waals surface area contributed by atoms with Crippen molar-refractivity contribution in [3.05, 3.63) is 30.3 Å². The van der Waals surface area contributed by atoms with Gasteiger partial charge in [-0.3, -0.25) is 0 Å². The summed E-state index contributed by atoms with van der Waals surface area (Å²) >= 11 is 0. The molecule has 4 aliphatic rings. The average Bonchev–Trinajstić information content (AvgIpc) is 2.39. The molecule has 0 heterocycles. The fraction of sp³-hybridized carbons (Fsp3) is 1.00. The van der Waals surface area contributed by atoms with Crippen molar-refractivity contribution in [3.8, 4) is 0 Å². The zero-order valence-corrected chi connectivity index (χ0v) is 13.7. The molecule has 0 aliphatic heterocycles. The van der Waals surface area contributed by atoms with Gasteiger partial charge in [0.15, 0.2) is 0 Å². The summed E-state index contributed by atoms with van der Waals surface area (Å²) in [5, 5.41) is 29.7. The van der Waals surface area contributed by atoms with Crippen LogP contribution in [0.2, 0.25) is 0 Å². The van der Waals surface area contributed by atoms with Crippen LogP contribution in [0.25, 0.3) is 0 Å². The van der Waals surface area contributed by atoms with Crippen LogP contribution in [0, 0.1) is 46.6 Å². The van der Waals surface area contributed by atoms with Gasteiger partial charge in [0.05, 0.1) is 0 Å². The lowest BCUT2D eigenvalue weighted by Crippen LogP contribution is -2.66. The van der Waals surface area contributed by atoms with Crippen LogP contribution in [0.15, 0.2) is 0 Å². The van der Waals surface area contributed by atoms with Crippen molar-refractivity contribution in [2.75, 3.05) is 13.2 Å². The van der Waals surface area contributed by atoms with Crippen molar-refractivity contribution in [2.45, 2.75) is 51.0 Å². The van der Waals surface area contributed by atoms with Gasteiger partial charge in [0.1, 0.15) is 18.8 Å². The van der Waals surface area contributed by atoms with Crippen molar-refractivity contribution < 1.29 is 29.8 Å². The fourth-order valence-electron chi connectivity index (χ4n) is 6.44. The van der Waals surface area contributed by atoms with Gasteiger partial charge in [-0.15, -0.1) is 30.3 Å². The van der Waals surface area contributed by atoms with Crippen molar-refractivity contribution in [1.82, 2.24) is 0 Å². The SMILES string of the molecule is CC12CC3(CO[N+](=O)[O-])CC(CO[N+](=O)[O-])(C1)CC(O[N+](=O)[O-])(C2)C3. The van der Waals surface area contributed by atoms with Crippen LogP contribution in [0.4, 0.5) is 0 Å². The van der Waals surface area contributed by atoms with E-state index < -0.39 is 31.7 Å². The molecule has 0 aromatic rings. The van der Waals surface area contributed by atoms with E-state index >= 15 is 0 Å². The maximum Gasteiger partial charge on any atom is 0.295 e. The summed E-state index contributed by atoms with van der Waals surface area (Å²) in [6.07, 6.45) is 2.55. The summed E-state index contributed by atoms with van der Waals surface area (Å²) < 4.78 is 0. The first-order valence-corrected chi connectivity index (χ1v) is 7.87. The largest absolute Gasteiger partial charge is 0.313 e. The van der Waals surface area contributed by atoms with Gasteiger partial charge in [-0.1, -0.05) is 6.92 Å². The van der Waals surface area contributed by atoms with E-state index in [0.29, 0.717) is 25.7 Å². The molecule has 0 amide bonds. The first-order chi connectivity index (χ1) is 11.5. The molecule has 12 heteroatoms. The van der Waals surface area contributed by atoms with Crippen LogP contribution in [0.3, 0.4) is 0 Å². The predicted octanol–water partition coefficient (Wildman–Crippen LogP) is 1.71. The smallest absolute Gasteiger partial charge is 0.295 e. The van der Waals surface area contributed by atoms with Crippen LogP contribution >= 0.6 is 0 Å². The maximum atomic E-state index is 11.0. The Morgan fingerprint density at radius 1 is 0.760 bits per heavy atom. The molecule has 0 aromatic carbocycles. The van der Waals surface area contributed by atoms with E-state index in [2.05, 4.69) is 9.68 Å². The summed E-state index contributed by atoms with van der Waals surface area (Å²) in [5.74, 6) is 0. The van der Waals surface area contributed by atoms with Crippen molar-refractivity contribution in [3.63, 3.8) is 0 Å². The topological polar surface area (TPSA) is 157 Å². The third-order valence-corrected chi connectivity index (χ3v) is 5.72. The highest BCUT2D eigenvalue weighted by atomic mass is 17.0. The lowest BCUT2D eigenvalue weighted by molar-refractivity contribution is -0.790. The molecule has 0 spiro atoms. The van der Waals surface area contributed by atoms with Gasteiger partial charge in [0, 0.05) is 0 Å². The van der Waals surface area contributed by atoms with Crippen LogP contribution in [-0.4, -0.2) is 34.1 Å². The highest BCUT2D eigenvalue weighted by Crippen LogP contribution is 2.71. The Kier molecular flexibility index (Phi) is 3.69. The van der Waals surface area contributed by atoms with E-state index in [-0.39, 0.29) is 31.5 Å². The van der Waals surface area contributed by atoms with Gasteiger partial charge in [-0.25, -0.2) is 0 Å². The van der Waals surface area contributed by atoms with Gasteiger partial charge < -0.3 is 14.5 Å². The molecule has 4 rings (SSSR count). The molecule has 0 aromatic heterocycles. The molecule has 0 radical (unpaired) electrons. The number of hydrogen-bond acceptors (Lipinski definition) is 9. The molecular weight excluding hydrogens is 342 g/mol. The minimum Gasteiger partial charge on any atom is -0.313 e. The normalized spacial score (nSPS) is 41.2. The van der Waals surface area contributed by atoms with Crippen LogP contribution < -0.4 is 0 Å². The second-order valence-corrected chi connectivity index (χ2v) is 8.36. The molecule has 4 fully saturated rings. The summed E-state index contributed by atoms with van der Waals surface area (Å²) in [6.45, 7) is 1.52. The maximum absolute atomic E-state index is 11.0. The van der Waals surface area contributed by atoms with Gasteiger partial charge in [0.2, 0.25) is 0 Å². The van der Waals surface area contributed by atoms with Crippen LogP contribution in [-0.2, 0) is 14.5 Å². The van der Waals surface area contributed by atoms with Gasteiger partial charge >= 0.3 is 0 Å². The molecular formula is C13H19N3O9. The van der Waals surface area contributed by atoms with Crippen molar-refractivity contribution >= 4 is 0 Å². The molecule has 25 heavy (non-hydrogen) atoms. The second-order valence-electron chi connectivity index (χ2n) is 8.36. The molecule has 4 bridgehead atoms. The van der Waals surface area contributed by atoms with Crippen LogP contribution in [0.1, 0.15) is 45.4 Å². The number of nitrogens with zero attached hydrogens (tertiary/aromatic N) is 3. The Balaban J connectivity index is 1.95. The molecule has 12 nitrogen and oxygen atoms in total. The fourth-order valence-corrected chi connectivity index (χ4v) is 6.44. The Bertz CT molecular complexity index is 590. The molecule has 2 unspecified atom stereocenters. The zero-order chi connectivity index (χ0) is 18.5. The highest BCUT2D eigenvalue weighted by molar-refractivity contribution is 5.17. The Morgan fingerprint density at radius 2 is 1.24 bits per heavy atom.